The molecule has 0 aliphatic carbocycles. The molecule has 0 atom stereocenters. The van der Waals surface area contributed by atoms with Gasteiger partial charge >= 0.3 is 0 Å². The van der Waals surface area contributed by atoms with Gasteiger partial charge in [0.25, 0.3) is 0 Å². The molecule has 2 heterocycles. The number of hydrogen-bond acceptors (Lipinski definition) is 4. The maximum Gasteiger partial charge on any atom is 0.136 e. The zero-order valence-corrected chi connectivity index (χ0v) is 19.7. The standard InChI is InChI=1S/C29H31N3O/c1-4-6-8-25(21-30)27(7-5-2)29-14-13-28(33-29)24-10-9-23-20-26(12-11-22(23)19-24)32-17-15-31(3)16-18-32/h5-14,19-20H,4,15-18H2,1-3H3/b7-5-,8-6+,27-25-. The third-order valence-corrected chi connectivity index (χ3v) is 6.11. The van der Waals surface area contributed by atoms with Crippen LogP contribution < -0.4 is 4.90 Å². The van der Waals surface area contributed by atoms with Crippen molar-refractivity contribution in [1.82, 2.24) is 4.90 Å². The molecule has 0 N–H and O–H groups in total. The summed E-state index contributed by atoms with van der Waals surface area (Å²) in [5, 5.41) is 12.1. The molecule has 2 aromatic carbocycles. The SMILES string of the molecule is C\C=C/C(=C(C#N)\C=C\CC)c1ccc(-c2ccc3cc(N4CCN(C)CC4)ccc3c2)o1. The highest BCUT2D eigenvalue weighted by Gasteiger charge is 2.15. The maximum atomic E-state index is 9.64. The Morgan fingerprint density at radius 3 is 2.48 bits per heavy atom. The fourth-order valence-electron chi connectivity index (χ4n) is 4.18. The van der Waals surface area contributed by atoms with Crippen LogP contribution in [0.2, 0.25) is 0 Å². The average molecular weight is 438 g/mol. The predicted octanol–water partition coefficient (Wildman–Crippen LogP) is 6.67. The van der Waals surface area contributed by atoms with Crippen LogP contribution in [0.25, 0.3) is 27.7 Å². The Morgan fingerprint density at radius 2 is 1.76 bits per heavy atom. The number of benzene rings is 2. The van der Waals surface area contributed by atoms with Crippen molar-refractivity contribution in [2.75, 3.05) is 38.1 Å². The lowest BCUT2D eigenvalue weighted by atomic mass is 10.0. The summed E-state index contributed by atoms with van der Waals surface area (Å²) in [6, 6.07) is 19.4. The summed E-state index contributed by atoms with van der Waals surface area (Å²) in [5.74, 6) is 1.50. The molecule has 4 rings (SSSR count). The van der Waals surface area contributed by atoms with Gasteiger partial charge in [0.15, 0.2) is 0 Å². The maximum absolute atomic E-state index is 9.64. The molecule has 0 spiro atoms. The Kier molecular flexibility index (Phi) is 7.12. The minimum absolute atomic E-state index is 0.603. The number of likely N-dealkylation sites (N-methyl/N-ethyl adjacent to an activating group) is 1. The van der Waals surface area contributed by atoms with Gasteiger partial charge < -0.3 is 14.2 Å². The van der Waals surface area contributed by atoms with E-state index < -0.39 is 0 Å². The molecule has 0 saturated carbocycles. The molecular weight excluding hydrogens is 406 g/mol. The first-order valence-corrected chi connectivity index (χ1v) is 11.6. The van der Waals surface area contributed by atoms with E-state index in [9.17, 15) is 5.26 Å². The molecule has 0 amide bonds. The second-order valence-electron chi connectivity index (χ2n) is 8.45. The minimum Gasteiger partial charge on any atom is -0.456 e. The number of hydrogen-bond donors (Lipinski definition) is 0. The Bertz CT molecular complexity index is 1250. The Morgan fingerprint density at radius 1 is 1.00 bits per heavy atom. The summed E-state index contributed by atoms with van der Waals surface area (Å²) >= 11 is 0. The molecule has 1 aromatic heterocycles. The highest BCUT2D eigenvalue weighted by Crippen LogP contribution is 2.32. The van der Waals surface area contributed by atoms with Crippen LogP contribution in [0.3, 0.4) is 0 Å². The van der Waals surface area contributed by atoms with Crippen molar-refractivity contribution >= 4 is 22.0 Å². The second kappa shape index (κ2) is 10.4. The molecule has 0 unspecified atom stereocenters. The van der Waals surface area contributed by atoms with Crippen molar-refractivity contribution in [1.29, 1.82) is 5.26 Å². The Balaban J connectivity index is 1.63. The molecule has 4 nitrogen and oxygen atoms in total. The van der Waals surface area contributed by atoms with Gasteiger partial charge in [0, 0.05) is 43.0 Å². The van der Waals surface area contributed by atoms with Crippen LogP contribution in [-0.4, -0.2) is 38.1 Å². The lowest BCUT2D eigenvalue weighted by Gasteiger charge is -2.34. The van der Waals surface area contributed by atoms with E-state index in [1.807, 2.05) is 43.4 Å². The fourth-order valence-corrected chi connectivity index (χ4v) is 4.18. The largest absolute Gasteiger partial charge is 0.456 e. The highest BCUT2D eigenvalue weighted by molar-refractivity contribution is 5.89. The first kappa shape index (κ1) is 22.6. The summed E-state index contributed by atoms with van der Waals surface area (Å²) in [6.45, 7) is 8.33. The first-order valence-electron chi connectivity index (χ1n) is 11.6. The number of fused-ring (bicyclic) bond motifs is 1. The van der Waals surface area contributed by atoms with E-state index in [1.165, 1.54) is 16.5 Å². The van der Waals surface area contributed by atoms with E-state index in [2.05, 4.69) is 66.2 Å². The molecule has 1 fully saturated rings. The van der Waals surface area contributed by atoms with Gasteiger partial charge in [0.1, 0.15) is 11.5 Å². The van der Waals surface area contributed by atoms with Crippen LogP contribution in [0, 0.1) is 11.3 Å². The van der Waals surface area contributed by atoms with Crippen LogP contribution in [0.1, 0.15) is 26.0 Å². The van der Waals surface area contributed by atoms with Gasteiger partial charge in [-0.2, -0.15) is 5.26 Å². The molecule has 0 bridgehead atoms. The Labute approximate surface area is 196 Å². The molecule has 168 valence electrons. The van der Waals surface area contributed by atoms with Gasteiger partial charge in [-0.3, -0.25) is 0 Å². The quantitative estimate of drug-likeness (QED) is 0.319. The van der Waals surface area contributed by atoms with Crippen molar-refractivity contribution < 1.29 is 4.42 Å². The van der Waals surface area contributed by atoms with E-state index >= 15 is 0 Å². The third kappa shape index (κ3) is 5.10. The van der Waals surface area contributed by atoms with E-state index in [0.717, 1.165) is 49.5 Å². The van der Waals surface area contributed by atoms with Gasteiger partial charge in [-0.25, -0.2) is 0 Å². The van der Waals surface area contributed by atoms with Gasteiger partial charge in [-0.15, -0.1) is 0 Å². The lowest BCUT2D eigenvalue weighted by molar-refractivity contribution is 0.313. The topological polar surface area (TPSA) is 43.4 Å². The monoisotopic (exact) mass is 437 g/mol. The van der Waals surface area contributed by atoms with Crippen molar-refractivity contribution in [3.8, 4) is 17.4 Å². The number of rotatable bonds is 6. The number of furan rings is 1. The lowest BCUT2D eigenvalue weighted by Crippen LogP contribution is -2.44. The number of allylic oxidation sites excluding steroid dienone is 6. The summed E-state index contributed by atoms with van der Waals surface area (Å²) in [6.07, 6.45) is 8.60. The van der Waals surface area contributed by atoms with E-state index in [4.69, 9.17) is 4.42 Å². The molecule has 4 heteroatoms. The van der Waals surface area contributed by atoms with Gasteiger partial charge in [0.2, 0.25) is 0 Å². The number of anilines is 1. The summed E-state index contributed by atoms with van der Waals surface area (Å²) in [4.78, 5) is 4.83. The van der Waals surface area contributed by atoms with E-state index in [-0.39, 0.29) is 0 Å². The predicted molar refractivity (Wildman–Crippen MR) is 138 cm³/mol. The normalized spacial score (nSPS) is 16.0. The van der Waals surface area contributed by atoms with Crippen molar-refractivity contribution in [3.63, 3.8) is 0 Å². The first-order chi connectivity index (χ1) is 16.1. The highest BCUT2D eigenvalue weighted by atomic mass is 16.3. The van der Waals surface area contributed by atoms with Gasteiger partial charge in [0.05, 0.1) is 11.6 Å². The Hall–Kier alpha value is -3.55. The van der Waals surface area contributed by atoms with E-state index in [1.54, 1.807) is 0 Å². The van der Waals surface area contributed by atoms with Crippen LogP contribution in [0.4, 0.5) is 5.69 Å². The smallest absolute Gasteiger partial charge is 0.136 e. The third-order valence-electron chi connectivity index (χ3n) is 6.11. The zero-order valence-electron chi connectivity index (χ0n) is 19.7. The molecular formula is C29H31N3O. The number of piperazine rings is 1. The van der Waals surface area contributed by atoms with Crippen molar-refractivity contribution in [2.24, 2.45) is 0 Å². The van der Waals surface area contributed by atoms with Gasteiger partial charge in [-0.05, 0) is 67.6 Å². The zero-order chi connectivity index (χ0) is 23.2. The molecule has 1 saturated heterocycles. The molecule has 1 aliphatic rings. The summed E-state index contributed by atoms with van der Waals surface area (Å²) in [7, 11) is 2.18. The molecule has 33 heavy (non-hydrogen) atoms. The van der Waals surface area contributed by atoms with E-state index in [0.29, 0.717) is 11.3 Å². The van der Waals surface area contributed by atoms with Crippen molar-refractivity contribution in [2.45, 2.75) is 20.3 Å². The molecule has 1 aliphatic heterocycles. The minimum atomic E-state index is 0.603. The average Bonchev–Trinajstić information content (AvgIpc) is 3.33. The summed E-state index contributed by atoms with van der Waals surface area (Å²) in [5.41, 5.74) is 3.72. The van der Waals surface area contributed by atoms with Crippen LogP contribution in [-0.2, 0) is 0 Å². The number of nitriles is 1. The van der Waals surface area contributed by atoms with Crippen LogP contribution in [0.5, 0.6) is 0 Å². The molecule has 0 radical (unpaired) electrons. The van der Waals surface area contributed by atoms with Crippen LogP contribution >= 0.6 is 0 Å². The van der Waals surface area contributed by atoms with Crippen molar-refractivity contribution in [3.05, 3.63) is 84.2 Å². The number of nitrogens with zero attached hydrogens (tertiary/aromatic N) is 3. The second-order valence-corrected chi connectivity index (χ2v) is 8.45. The fraction of sp³-hybridized carbons (Fsp3) is 0.276. The summed E-state index contributed by atoms with van der Waals surface area (Å²) < 4.78 is 6.22. The molecule has 3 aromatic rings. The van der Waals surface area contributed by atoms with Crippen LogP contribution in [0.15, 0.2) is 82.8 Å². The van der Waals surface area contributed by atoms with Gasteiger partial charge in [-0.1, -0.05) is 43.4 Å².